The van der Waals surface area contributed by atoms with E-state index in [0.29, 0.717) is 5.92 Å². The SMILES string of the molecule is CC1CC=Cc2cc(C(C)(C)C)ncc21. The summed E-state index contributed by atoms with van der Waals surface area (Å²) in [6.45, 7) is 8.88. The van der Waals surface area contributed by atoms with Gasteiger partial charge in [-0.05, 0) is 29.5 Å². The maximum absolute atomic E-state index is 4.58. The first kappa shape index (κ1) is 10.4. The molecule has 80 valence electrons. The first-order chi connectivity index (χ1) is 6.98. The second-order valence-electron chi connectivity index (χ2n) is 5.49. The molecular weight excluding hydrogens is 182 g/mol. The van der Waals surface area contributed by atoms with Crippen LogP contribution >= 0.6 is 0 Å². The summed E-state index contributed by atoms with van der Waals surface area (Å²) in [6, 6.07) is 2.24. The van der Waals surface area contributed by atoms with Crippen LogP contribution in [0, 0.1) is 0 Å². The first-order valence-electron chi connectivity index (χ1n) is 5.65. The molecule has 0 aromatic carbocycles. The fourth-order valence-electron chi connectivity index (χ4n) is 1.97. The van der Waals surface area contributed by atoms with Gasteiger partial charge in [0.05, 0.1) is 0 Å². The fourth-order valence-corrected chi connectivity index (χ4v) is 1.97. The summed E-state index contributed by atoms with van der Waals surface area (Å²) < 4.78 is 0. The molecule has 1 heteroatoms. The third-order valence-corrected chi connectivity index (χ3v) is 3.05. The van der Waals surface area contributed by atoms with E-state index in [2.05, 4.69) is 57.1 Å². The fraction of sp³-hybridized carbons (Fsp3) is 0.500. The van der Waals surface area contributed by atoms with Crippen LogP contribution in [-0.4, -0.2) is 4.98 Å². The lowest BCUT2D eigenvalue weighted by Gasteiger charge is -2.22. The summed E-state index contributed by atoms with van der Waals surface area (Å²) in [6.07, 6.45) is 7.69. The van der Waals surface area contributed by atoms with Crippen molar-refractivity contribution in [1.29, 1.82) is 0 Å². The summed E-state index contributed by atoms with van der Waals surface area (Å²) in [5.41, 5.74) is 4.07. The van der Waals surface area contributed by atoms with Crippen LogP contribution < -0.4 is 0 Å². The van der Waals surface area contributed by atoms with Crippen molar-refractivity contribution in [3.63, 3.8) is 0 Å². The Morgan fingerprint density at radius 3 is 2.73 bits per heavy atom. The topological polar surface area (TPSA) is 12.9 Å². The molecule has 0 saturated heterocycles. The highest BCUT2D eigenvalue weighted by Gasteiger charge is 2.19. The van der Waals surface area contributed by atoms with Crippen LogP contribution in [0.4, 0.5) is 0 Å². The Morgan fingerprint density at radius 1 is 1.33 bits per heavy atom. The van der Waals surface area contributed by atoms with Crippen LogP contribution in [-0.2, 0) is 5.41 Å². The van der Waals surface area contributed by atoms with E-state index in [9.17, 15) is 0 Å². The molecule has 1 unspecified atom stereocenters. The highest BCUT2D eigenvalue weighted by atomic mass is 14.7. The predicted molar refractivity (Wildman–Crippen MR) is 65.0 cm³/mol. The van der Waals surface area contributed by atoms with Gasteiger partial charge < -0.3 is 0 Å². The van der Waals surface area contributed by atoms with Crippen molar-refractivity contribution in [2.24, 2.45) is 0 Å². The Kier molecular flexibility index (Phi) is 2.41. The van der Waals surface area contributed by atoms with E-state index >= 15 is 0 Å². The third kappa shape index (κ3) is 1.97. The Labute approximate surface area is 92.2 Å². The lowest BCUT2D eigenvalue weighted by atomic mass is 9.85. The molecule has 1 nitrogen and oxygen atoms in total. The molecule has 0 N–H and O–H groups in total. The molecular formula is C14H19N. The lowest BCUT2D eigenvalue weighted by Crippen LogP contribution is -2.15. The van der Waals surface area contributed by atoms with E-state index in [-0.39, 0.29) is 5.41 Å². The number of rotatable bonds is 0. The van der Waals surface area contributed by atoms with Gasteiger partial charge in [0.1, 0.15) is 0 Å². The minimum Gasteiger partial charge on any atom is -0.260 e. The number of fused-ring (bicyclic) bond motifs is 1. The minimum absolute atomic E-state index is 0.142. The van der Waals surface area contributed by atoms with Gasteiger partial charge in [-0.1, -0.05) is 39.8 Å². The van der Waals surface area contributed by atoms with Crippen molar-refractivity contribution >= 4 is 6.08 Å². The van der Waals surface area contributed by atoms with Crippen molar-refractivity contribution in [3.8, 4) is 0 Å². The second kappa shape index (κ2) is 3.48. The number of aromatic nitrogens is 1. The predicted octanol–water partition coefficient (Wildman–Crippen LogP) is 3.90. The molecule has 1 aromatic rings. The Bertz CT molecular complexity index is 396. The molecule has 0 fully saturated rings. The highest BCUT2D eigenvalue weighted by molar-refractivity contribution is 5.57. The average Bonchev–Trinajstić information content (AvgIpc) is 2.16. The molecule has 0 amide bonds. The first-order valence-corrected chi connectivity index (χ1v) is 5.65. The van der Waals surface area contributed by atoms with Gasteiger partial charge in [0, 0.05) is 17.3 Å². The Balaban J connectivity index is 2.48. The van der Waals surface area contributed by atoms with Crippen LogP contribution in [0.15, 0.2) is 18.3 Å². The van der Waals surface area contributed by atoms with E-state index in [4.69, 9.17) is 0 Å². The zero-order valence-corrected chi connectivity index (χ0v) is 10.0. The Hall–Kier alpha value is -1.11. The molecule has 1 aliphatic carbocycles. The van der Waals surface area contributed by atoms with Crippen molar-refractivity contribution in [2.75, 3.05) is 0 Å². The quantitative estimate of drug-likeness (QED) is 0.620. The number of pyridine rings is 1. The summed E-state index contributed by atoms with van der Waals surface area (Å²) >= 11 is 0. The zero-order chi connectivity index (χ0) is 11.1. The monoisotopic (exact) mass is 201 g/mol. The molecule has 1 aromatic heterocycles. The normalized spacial score (nSPS) is 20.1. The summed E-state index contributed by atoms with van der Waals surface area (Å²) in [5, 5.41) is 0. The van der Waals surface area contributed by atoms with E-state index in [0.717, 1.165) is 6.42 Å². The van der Waals surface area contributed by atoms with Crippen LogP contribution in [0.5, 0.6) is 0 Å². The van der Waals surface area contributed by atoms with Crippen molar-refractivity contribution in [3.05, 3.63) is 35.2 Å². The standard InChI is InChI=1S/C14H19N/c1-10-6-5-7-11-8-13(14(2,3)4)15-9-12(10)11/h5,7-10H,6H2,1-4H3. The second-order valence-corrected chi connectivity index (χ2v) is 5.49. The molecule has 1 atom stereocenters. The molecule has 0 spiro atoms. The maximum atomic E-state index is 4.58. The van der Waals surface area contributed by atoms with Crippen LogP contribution in [0.25, 0.3) is 6.08 Å². The zero-order valence-electron chi connectivity index (χ0n) is 10.0. The summed E-state index contributed by atoms with van der Waals surface area (Å²) in [7, 11) is 0. The molecule has 0 saturated carbocycles. The van der Waals surface area contributed by atoms with Gasteiger partial charge in [0.2, 0.25) is 0 Å². The lowest BCUT2D eigenvalue weighted by molar-refractivity contribution is 0.567. The van der Waals surface area contributed by atoms with Gasteiger partial charge in [-0.2, -0.15) is 0 Å². The van der Waals surface area contributed by atoms with Gasteiger partial charge in [-0.3, -0.25) is 4.98 Å². The van der Waals surface area contributed by atoms with Gasteiger partial charge in [-0.25, -0.2) is 0 Å². The molecule has 15 heavy (non-hydrogen) atoms. The molecule has 1 aliphatic rings. The number of hydrogen-bond acceptors (Lipinski definition) is 1. The minimum atomic E-state index is 0.142. The highest BCUT2D eigenvalue weighted by Crippen LogP contribution is 2.31. The van der Waals surface area contributed by atoms with Crippen molar-refractivity contribution in [2.45, 2.75) is 45.4 Å². The molecule has 2 rings (SSSR count). The third-order valence-electron chi connectivity index (χ3n) is 3.05. The molecule has 0 aliphatic heterocycles. The largest absolute Gasteiger partial charge is 0.260 e. The van der Waals surface area contributed by atoms with Gasteiger partial charge >= 0.3 is 0 Å². The van der Waals surface area contributed by atoms with Gasteiger partial charge in [-0.15, -0.1) is 0 Å². The van der Waals surface area contributed by atoms with Crippen molar-refractivity contribution in [1.82, 2.24) is 4.98 Å². The van der Waals surface area contributed by atoms with E-state index in [1.807, 2.05) is 0 Å². The smallest absolute Gasteiger partial charge is 0.0463 e. The Morgan fingerprint density at radius 2 is 2.07 bits per heavy atom. The van der Waals surface area contributed by atoms with Gasteiger partial charge in [0.15, 0.2) is 0 Å². The summed E-state index contributed by atoms with van der Waals surface area (Å²) in [4.78, 5) is 4.58. The van der Waals surface area contributed by atoms with Crippen molar-refractivity contribution < 1.29 is 0 Å². The number of hydrogen-bond donors (Lipinski definition) is 0. The van der Waals surface area contributed by atoms with Crippen LogP contribution in [0.2, 0.25) is 0 Å². The number of nitrogens with zero attached hydrogens (tertiary/aromatic N) is 1. The van der Waals surface area contributed by atoms with E-state index in [1.165, 1.54) is 16.8 Å². The average molecular weight is 201 g/mol. The maximum Gasteiger partial charge on any atom is 0.0463 e. The van der Waals surface area contributed by atoms with E-state index < -0.39 is 0 Å². The van der Waals surface area contributed by atoms with Crippen LogP contribution in [0.1, 0.15) is 56.9 Å². The van der Waals surface area contributed by atoms with Gasteiger partial charge in [0.25, 0.3) is 0 Å². The molecule has 0 bridgehead atoms. The molecule has 1 heterocycles. The molecule has 0 radical (unpaired) electrons. The van der Waals surface area contributed by atoms with E-state index in [1.54, 1.807) is 0 Å². The van der Waals surface area contributed by atoms with Crippen LogP contribution in [0.3, 0.4) is 0 Å². The summed E-state index contributed by atoms with van der Waals surface area (Å²) in [5.74, 6) is 0.617. The number of allylic oxidation sites excluding steroid dienone is 1.